The van der Waals surface area contributed by atoms with Gasteiger partial charge in [0.2, 0.25) is 0 Å². The molecule has 3 aromatic rings. The summed E-state index contributed by atoms with van der Waals surface area (Å²) >= 11 is -0.826. The van der Waals surface area contributed by atoms with Gasteiger partial charge in [0.15, 0.2) is 0 Å². The van der Waals surface area contributed by atoms with Crippen LogP contribution >= 0.6 is 17.0 Å². The van der Waals surface area contributed by atoms with Crippen molar-refractivity contribution in [3.63, 3.8) is 0 Å². The molecule has 0 fully saturated rings. The first-order valence-electron chi connectivity index (χ1n) is 5.53. The fourth-order valence-corrected chi connectivity index (χ4v) is 2.02. The first kappa shape index (κ1) is 13.9. The van der Waals surface area contributed by atoms with Gasteiger partial charge in [0, 0.05) is 0 Å². The zero-order chi connectivity index (χ0) is 12.8. The first-order valence-corrected chi connectivity index (χ1v) is 11.9. The van der Waals surface area contributed by atoms with Crippen molar-refractivity contribution in [3.8, 4) is 11.1 Å². The normalized spacial score (nSPS) is 9.67. The van der Waals surface area contributed by atoms with Gasteiger partial charge < -0.3 is 0 Å². The van der Waals surface area contributed by atoms with Gasteiger partial charge >= 0.3 is 37.9 Å². The van der Waals surface area contributed by atoms with Crippen LogP contribution in [0.4, 0.5) is 0 Å². The van der Waals surface area contributed by atoms with Gasteiger partial charge in [-0.25, -0.2) is 0 Å². The van der Waals surface area contributed by atoms with Crippen LogP contribution in [-0.2, 0) is 20.8 Å². The Labute approximate surface area is 126 Å². The van der Waals surface area contributed by atoms with Crippen LogP contribution in [0.3, 0.4) is 0 Å². The van der Waals surface area contributed by atoms with Crippen LogP contribution in [0, 0.1) is 0 Å². The molecule has 3 aromatic carbocycles. The van der Waals surface area contributed by atoms with Crippen LogP contribution in [0.1, 0.15) is 0 Å². The fourth-order valence-electron chi connectivity index (χ4n) is 2.02. The van der Waals surface area contributed by atoms with Crippen LogP contribution in [0.25, 0.3) is 21.9 Å². The van der Waals surface area contributed by atoms with Gasteiger partial charge in [-0.15, -0.1) is 46.7 Å². The van der Waals surface area contributed by atoms with Crippen molar-refractivity contribution in [3.05, 3.63) is 66.7 Å². The summed E-state index contributed by atoms with van der Waals surface area (Å²) in [5, 5.41) is 2.65. The van der Waals surface area contributed by atoms with E-state index in [1.54, 1.807) is 0 Å². The summed E-state index contributed by atoms with van der Waals surface area (Å²) in [6.45, 7) is 0. The molecular formula is C15H11Cl2Zr-. The summed E-state index contributed by atoms with van der Waals surface area (Å²) in [6, 6.07) is 23.4. The molecule has 18 heavy (non-hydrogen) atoms. The van der Waals surface area contributed by atoms with Crippen LogP contribution in [0.2, 0.25) is 0 Å². The predicted octanol–water partition coefficient (Wildman–Crippen LogP) is 5.60. The molecule has 0 aliphatic heterocycles. The minimum atomic E-state index is -0.826. The molecule has 0 N–H and O–H groups in total. The van der Waals surface area contributed by atoms with Crippen LogP contribution < -0.4 is 0 Å². The molecule has 0 heterocycles. The number of rotatable bonds is 1. The van der Waals surface area contributed by atoms with Crippen molar-refractivity contribution >= 4 is 27.8 Å². The van der Waals surface area contributed by atoms with E-state index in [0.717, 1.165) is 0 Å². The Balaban J connectivity index is 0.000000367. The molecule has 0 spiro atoms. The second-order valence-corrected chi connectivity index (χ2v) is 7.50. The molecule has 0 radical (unpaired) electrons. The van der Waals surface area contributed by atoms with Gasteiger partial charge in [0.1, 0.15) is 0 Å². The average Bonchev–Trinajstić information content (AvgIpc) is 2.84. The zero-order valence-electron chi connectivity index (χ0n) is 9.61. The Morgan fingerprint density at radius 2 is 1.44 bits per heavy atom. The molecule has 0 aliphatic rings. The molecule has 0 saturated carbocycles. The van der Waals surface area contributed by atoms with E-state index in [9.17, 15) is 0 Å². The minimum absolute atomic E-state index is 0.826. The Kier molecular flexibility index (Phi) is 5.56. The van der Waals surface area contributed by atoms with E-state index in [1.165, 1.54) is 21.9 Å². The molecule has 0 nitrogen and oxygen atoms in total. The third-order valence-electron chi connectivity index (χ3n) is 2.77. The van der Waals surface area contributed by atoms with E-state index in [4.69, 9.17) is 17.0 Å². The van der Waals surface area contributed by atoms with Gasteiger partial charge in [0.25, 0.3) is 0 Å². The molecule has 0 atom stereocenters. The van der Waals surface area contributed by atoms with E-state index in [1.807, 2.05) is 0 Å². The molecule has 3 rings (SSSR count). The molecule has 0 bridgehead atoms. The third kappa shape index (κ3) is 3.29. The molecule has 0 saturated heterocycles. The third-order valence-corrected chi connectivity index (χ3v) is 2.77. The second kappa shape index (κ2) is 7.19. The smallest absolute Gasteiger partial charge is 0.0623 e. The van der Waals surface area contributed by atoms with Crippen molar-refractivity contribution in [2.75, 3.05) is 0 Å². The van der Waals surface area contributed by atoms with Gasteiger partial charge in [-0.1, -0.05) is 42.0 Å². The predicted molar refractivity (Wildman–Crippen MR) is 76.7 cm³/mol. The standard InChI is InChI=1S/C15H11.2ClH.Zr/c1-2-6-12(7-3-1)15-11-10-13-8-4-5-9-14(13)15;;;/h1-11H;2*1H;/q-1;;;+2/p-2. The van der Waals surface area contributed by atoms with E-state index >= 15 is 0 Å². The van der Waals surface area contributed by atoms with E-state index in [-0.39, 0.29) is 0 Å². The van der Waals surface area contributed by atoms with E-state index in [2.05, 4.69) is 66.7 Å². The van der Waals surface area contributed by atoms with Gasteiger partial charge in [0.05, 0.1) is 0 Å². The van der Waals surface area contributed by atoms with Gasteiger partial charge in [-0.2, -0.15) is 0 Å². The van der Waals surface area contributed by atoms with Gasteiger partial charge in [-0.05, 0) is 0 Å². The molecule has 0 aliphatic carbocycles. The fraction of sp³-hybridized carbons (Fsp3) is 0. The molecular weight excluding hydrogens is 342 g/mol. The number of fused-ring (bicyclic) bond motifs is 1. The zero-order valence-corrected chi connectivity index (χ0v) is 13.6. The summed E-state index contributed by atoms with van der Waals surface area (Å²) in [5.41, 5.74) is 2.62. The van der Waals surface area contributed by atoms with E-state index in [0.29, 0.717) is 0 Å². The molecule has 90 valence electrons. The largest absolute Gasteiger partial charge is 0.150 e. The first-order chi connectivity index (χ1) is 8.86. The SMILES string of the molecule is [Cl][Zr][Cl].c1ccc(-c2c[cH-]c3ccccc23)cc1. The maximum Gasteiger partial charge on any atom is -0.0623 e. The summed E-state index contributed by atoms with van der Waals surface area (Å²) < 4.78 is 0. The minimum Gasteiger partial charge on any atom is -0.150 e. The van der Waals surface area contributed by atoms with Crippen LogP contribution in [0.15, 0.2) is 66.7 Å². The Morgan fingerprint density at radius 3 is 2.17 bits per heavy atom. The number of hydrogen-bond acceptors (Lipinski definition) is 0. The number of hydrogen-bond donors (Lipinski definition) is 0. The van der Waals surface area contributed by atoms with E-state index < -0.39 is 20.8 Å². The monoisotopic (exact) mass is 351 g/mol. The van der Waals surface area contributed by atoms with Crippen molar-refractivity contribution in [2.45, 2.75) is 0 Å². The van der Waals surface area contributed by atoms with Crippen molar-refractivity contribution in [1.29, 1.82) is 0 Å². The summed E-state index contributed by atoms with van der Waals surface area (Å²) in [5.74, 6) is 0. The molecule has 3 heteroatoms. The second-order valence-electron chi connectivity index (χ2n) is 3.77. The maximum absolute atomic E-state index is 4.93. The average molecular weight is 353 g/mol. The van der Waals surface area contributed by atoms with Crippen molar-refractivity contribution in [1.82, 2.24) is 0 Å². The van der Waals surface area contributed by atoms with Crippen LogP contribution in [-0.4, -0.2) is 0 Å². The number of halogens is 2. The quantitative estimate of drug-likeness (QED) is 0.499. The summed E-state index contributed by atoms with van der Waals surface area (Å²) in [6.07, 6.45) is 0. The Hall–Kier alpha value is -0.487. The molecule has 0 amide bonds. The topological polar surface area (TPSA) is 0 Å². The maximum atomic E-state index is 4.93. The molecule has 0 aromatic heterocycles. The van der Waals surface area contributed by atoms with Crippen molar-refractivity contribution in [2.24, 2.45) is 0 Å². The van der Waals surface area contributed by atoms with Crippen LogP contribution in [0.5, 0.6) is 0 Å². The van der Waals surface area contributed by atoms with Crippen molar-refractivity contribution < 1.29 is 20.8 Å². The number of benzene rings is 2. The summed E-state index contributed by atoms with van der Waals surface area (Å²) in [7, 11) is 9.87. The molecule has 0 unspecified atom stereocenters. The van der Waals surface area contributed by atoms with Gasteiger partial charge in [-0.3, -0.25) is 0 Å². The summed E-state index contributed by atoms with van der Waals surface area (Å²) in [4.78, 5) is 0. The Morgan fingerprint density at radius 1 is 0.833 bits per heavy atom. The Bertz CT molecular complexity index is 602.